The third-order valence-electron chi connectivity index (χ3n) is 3.24. The maximum atomic E-state index is 5.37. The third kappa shape index (κ3) is 2.05. The summed E-state index contributed by atoms with van der Waals surface area (Å²) in [7, 11) is 0. The van der Waals surface area contributed by atoms with Crippen LogP contribution in [0.3, 0.4) is 0 Å². The van der Waals surface area contributed by atoms with Gasteiger partial charge in [-0.05, 0) is 30.2 Å². The molecule has 17 heavy (non-hydrogen) atoms. The molecule has 0 atom stereocenters. The van der Waals surface area contributed by atoms with Crippen molar-refractivity contribution in [1.29, 1.82) is 0 Å². The minimum Gasteiger partial charge on any atom is -0.369 e. The van der Waals surface area contributed by atoms with Gasteiger partial charge in [0, 0.05) is 6.54 Å². The van der Waals surface area contributed by atoms with Gasteiger partial charge in [-0.15, -0.1) is 11.3 Å². The summed E-state index contributed by atoms with van der Waals surface area (Å²) in [5, 5.41) is 6.51. The van der Waals surface area contributed by atoms with Gasteiger partial charge in [-0.1, -0.05) is 6.42 Å². The van der Waals surface area contributed by atoms with E-state index in [2.05, 4.69) is 20.7 Å². The molecule has 1 aliphatic carbocycles. The van der Waals surface area contributed by atoms with Gasteiger partial charge in [0.05, 0.1) is 5.39 Å². The van der Waals surface area contributed by atoms with Crippen LogP contribution in [0.25, 0.3) is 10.2 Å². The molecule has 5 nitrogen and oxygen atoms in total. The van der Waals surface area contributed by atoms with E-state index in [1.807, 2.05) is 11.4 Å². The van der Waals surface area contributed by atoms with Gasteiger partial charge in [-0.2, -0.15) is 4.98 Å². The summed E-state index contributed by atoms with van der Waals surface area (Å²) in [4.78, 5) is 9.64. The fraction of sp³-hybridized carbons (Fsp3) is 0.455. The molecular formula is C11H15N5S. The van der Waals surface area contributed by atoms with Crippen LogP contribution >= 0.6 is 11.3 Å². The molecule has 1 saturated carbocycles. The molecule has 0 radical (unpaired) electrons. The number of nitrogen functional groups attached to an aromatic ring is 1. The Morgan fingerprint density at radius 3 is 3.00 bits per heavy atom. The number of hydrazine groups is 1. The number of aromatic nitrogens is 2. The summed E-state index contributed by atoms with van der Waals surface area (Å²) in [6, 6.07) is 2.05. The van der Waals surface area contributed by atoms with Crippen molar-refractivity contribution in [2.45, 2.75) is 19.3 Å². The summed E-state index contributed by atoms with van der Waals surface area (Å²) < 4.78 is 0. The van der Waals surface area contributed by atoms with Gasteiger partial charge in [0.15, 0.2) is 0 Å². The molecule has 0 aliphatic heterocycles. The van der Waals surface area contributed by atoms with E-state index in [1.54, 1.807) is 11.3 Å². The minimum absolute atomic E-state index is 0.469. The lowest BCUT2D eigenvalue weighted by Crippen LogP contribution is -2.21. The summed E-state index contributed by atoms with van der Waals surface area (Å²) in [6.45, 7) is 0.992. The molecular weight excluding hydrogens is 234 g/mol. The SMILES string of the molecule is NNc1nc(NCC2CCC2)c2ccsc2n1. The average molecular weight is 249 g/mol. The summed E-state index contributed by atoms with van der Waals surface area (Å²) in [6.07, 6.45) is 4.01. The Kier molecular flexibility index (Phi) is 2.82. The van der Waals surface area contributed by atoms with Crippen molar-refractivity contribution in [1.82, 2.24) is 9.97 Å². The Hall–Kier alpha value is -1.40. The molecule has 2 aromatic rings. The van der Waals surface area contributed by atoms with E-state index in [1.165, 1.54) is 19.3 Å². The molecule has 1 aliphatic rings. The Morgan fingerprint density at radius 1 is 1.41 bits per heavy atom. The first-order chi connectivity index (χ1) is 8.36. The predicted octanol–water partition coefficient (Wildman–Crippen LogP) is 2.19. The van der Waals surface area contributed by atoms with E-state index in [0.717, 1.165) is 28.5 Å². The van der Waals surface area contributed by atoms with Crippen molar-refractivity contribution in [2.24, 2.45) is 11.8 Å². The standard InChI is InChI=1S/C11H15N5S/c12-16-11-14-9(13-6-7-2-1-3-7)8-4-5-17-10(8)15-11/h4-5,7H,1-3,6,12H2,(H2,13,14,15,16). The quantitative estimate of drug-likeness (QED) is 0.572. The van der Waals surface area contributed by atoms with Gasteiger partial charge < -0.3 is 5.32 Å². The zero-order valence-electron chi connectivity index (χ0n) is 9.44. The lowest BCUT2D eigenvalue weighted by molar-refractivity contribution is 0.333. The molecule has 0 unspecified atom stereocenters. The number of thiophene rings is 1. The van der Waals surface area contributed by atoms with Crippen molar-refractivity contribution < 1.29 is 0 Å². The van der Waals surface area contributed by atoms with E-state index in [9.17, 15) is 0 Å². The van der Waals surface area contributed by atoms with Crippen LogP contribution in [-0.4, -0.2) is 16.5 Å². The molecule has 3 rings (SSSR count). The molecule has 4 N–H and O–H groups in total. The van der Waals surface area contributed by atoms with Crippen LogP contribution in [0.1, 0.15) is 19.3 Å². The number of anilines is 2. The molecule has 6 heteroatoms. The second-order valence-electron chi connectivity index (χ2n) is 4.36. The van der Waals surface area contributed by atoms with E-state index < -0.39 is 0 Å². The van der Waals surface area contributed by atoms with Crippen molar-refractivity contribution in [3.05, 3.63) is 11.4 Å². The van der Waals surface area contributed by atoms with Crippen LogP contribution in [0.15, 0.2) is 11.4 Å². The first-order valence-electron chi connectivity index (χ1n) is 5.82. The number of nitrogens with two attached hydrogens (primary N) is 1. The first kappa shape index (κ1) is 10.7. The highest BCUT2D eigenvalue weighted by molar-refractivity contribution is 7.16. The fourth-order valence-corrected chi connectivity index (χ4v) is 2.76. The van der Waals surface area contributed by atoms with Crippen LogP contribution in [0.4, 0.5) is 11.8 Å². The molecule has 1 fully saturated rings. The molecule has 2 heterocycles. The number of hydrogen-bond donors (Lipinski definition) is 3. The van der Waals surface area contributed by atoms with Crippen molar-refractivity contribution >= 4 is 33.3 Å². The maximum Gasteiger partial charge on any atom is 0.240 e. The molecule has 0 aromatic carbocycles. The first-order valence-corrected chi connectivity index (χ1v) is 6.70. The normalized spacial score (nSPS) is 15.8. The number of nitrogens with zero attached hydrogens (tertiary/aromatic N) is 2. The molecule has 0 saturated heterocycles. The second kappa shape index (κ2) is 4.46. The Bertz CT molecular complexity index is 520. The number of nitrogens with one attached hydrogen (secondary N) is 2. The number of fused-ring (bicyclic) bond motifs is 1. The summed E-state index contributed by atoms with van der Waals surface area (Å²) in [5.74, 6) is 7.53. The predicted molar refractivity (Wildman–Crippen MR) is 71.1 cm³/mol. The smallest absolute Gasteiger partial charge is 0.240 e. The van der Waals surface area contributed by atoms with Gasteiger partial charge in [-0.3, -0.25) is 5.43 Å². The maximum absolute atomic E-state index is 5.37. The van der Waals surface area contributed by atoms with Gasteiger partial charge in [0.2, 0.25) is 5.95 Å². The number of rotatable bonds is 4. The van der Waals surface area contributed by atoms with Crippen molar-refractivity contribution in [3.63, 3.8) is 0 Å². The van der Waals surface area contributed by atoms with Crippen molar-refractivity contribution in [3.8, 4) is 0 Å². The van der Waals surface area contributed by atoms with Crippen LogP contribution in [0.2, 0.25) is 0 Å². The van der Waals surface area contributed by atoms with Crippen LogP contribution in [-0.2, 0) is 0 Å². The highest BCUT2D eigenvalue weighted by Gasteiger charge is 2.17. The Morgan fingerprint density at radius 2 is 2.29 bits per heavy atom. The monoisotopic (exact) mass is 249 g/mol. The second-order valence-corrected chi connectivity index (χ2v) is 5.25. The molecule has 2 aromatic heterocycles. The Balaban J connectivity index is 1.86. The van der Waals surface area contributed by atoms with Gasteiger partial charge in [0.25, 0.3) is 0 Å². The third-order valence-corrected chi connectivity index (χ3v) is 4.04. The highest BCUT2D eigenvalue weighted by Crippen LogP contribution is 2.29. The van der Waals surface area contributed by atoms with Gasteiger partial charge >= 0.3 is 0 Å². The van der Waals surface area contributed by atoms with Crippen LogP contribution < -0.4 is 16.6 Å². The zero-order chi connectivity index (χ0) is 11.7. The van der Waals surface area contributed by atoms with Crippen LogP contribution in [0.5, 0.6) is 0 Å². The molecule has 0 bridgehead atoms. The zero-order valence-corrected chi connectivity index (χ0v) is 10.3. The lowest BCUT2D eigenvalue weighted by atomic mass is 9.85. The molecule has 90 valence electrons. The average Bonchev–Trinajstić information content (AvgIpc) is 2.74. The van der Waals surface area contributed by atoms with Gasteiger partial charge in [-0.25, -0.2) is 10.8 Å². The van der Waals surface area contributed by atoms with E-state index in [-0.39, 0.29) is 0 Å². The lowest BCUT2D eigenvalue weighted by Gasteiger charge is -2.25. The summed E-state index contributed by atoms with van der Waals surface area (Å²) in [5.41, 5.74) is 2.51. The van der Waals surface area contributed by atoms with Crippen LogP contribution in [0, 0.1) is 5.92 Å². The van der Waals surface area contributed by atoms with Crippen molar-refractivity contribution in [2.75, 3.05) is 17.3 Å². The number of hydrogen-bond acceptors (Lipinski definition) is 6. The van der Waals surface area contributed by atoms with E-state index >= 15 is 0 Å². The highest BCUT2D eigenvalue weighted by atomic mass is 32.1. The minimum atomic E-state index is 0.469. The molecule has 0 amide bonds. The molecule has 0 spiro atoms. The fourth-order valence-electron chi connectivity index (χ4n) is 1.99. The summed E-state index contributed by atoms with van der Waals surface area (Å²) >= 11 is 1.60. The Labute approximate surface area is 103 Å². The van der Waals surface area contributed by atoms with E-state index in [0.29, 0.717) is 5.95 Å². The topological polar surface area (TPSA) is 75.9 Å². The van der Waals surface area contributed by atoms with E-state index in [4.69, 9.17) is 5.84 Å². The largest absolute Gasteiger partial charge is 0.369 e. The van der Waals surface area contributed by atoms with Gasteiger partial charge in [0.1, 0.15) is 10.6 Å².